The third-order valence-electron chi connectivity index (χ3n) is 6.68. The Morgan fingerprint density at radius 1 is 1.06 bits per heavy atom. The number of hydrogen-bond acceptors (Lipinski definition) is 6. The van der Waals surface area contributed by atoms with Crippen molar-refractivity contribution in [3.05, 3.63) is 89.1 Å². The molecule has 8 heteroatoms. The summed E-state index contributed by atoms with van der Waals surface area (Å²) in [7, 11) is 2.17. The topological polar surface area (TPSA) is 78.7 Å². The van der Waals surface area contributed by atoms with E-state index in [1.807, 2.05) is 24.3 Å². The van der Waals surface area contributed by atoms with Gasteiger partial charge in [0, 0.05) is 62.1 Å². The summed E-state index contributed by atoms with van der Waals surface area (Å²) in [6, 6.07) is 11.9. The Kier molecular flexibility index (Phi) is 6.76. The number of carbonyl (C=O) groups excluding carboxylic acids is 1. The van der Waals surface area contributed by atoms with E-state index in [1.54, 1.807) is 35.4 Å². The van der Waals surface area contributed by atoms with Crippen LogP contribution in [0, 0.1) is 18.8 Å². The molecule has 1 saturated heterocycles. The molecule has 0 spiro atoms. The Morgan fingerprint density at radius 2 is 1.89 bits per heavy atom. The molecule has 182 valence electrons. The minimum atomic E-state index is -0.220. The number of imidazole rings is 1. The highest BCUT2D eigenvalue weighted by atomic mass is 16.1. The van der Waals surface area contributed by atoms with Crippen LogP contribution in [0.3, 0.4) is 0 Å². The van der Waals surface area contributed by atoms with Gasteiger partial charge in [-0.05, 0) is 68.3 Å². The van der Waals surface area contributed by atoms with Crippen LogP contribution in [0.15, 0.2) is 61.2 Å². The second-order valence-corrected chi connectivity index (χ2v) is 9.19. The Bertz CT molecular complexity index is 1460. The monoisotopic (exact) mass is 479 g/mol. The van der Waals surface area contributed by atoms with Crippen LogP contribution in [0.25, 0.3) is 5.65 Å². The summed E-state index contributed by atoms with van der Waals surface area (Å²) in [4.78, 5) is 26.3. The molecule has 1 aliphatic heterocycles. The molecule has 8 nitrogen and oxygen atoms in total. The number of likely N-dealkylation sites (N-methyl/N-ethyl adjacent to an activating group) is 1. The summed E-state index contributed by atoms with van der Waals surface area (Å²) >= 11 is 0. The minimum absolute atomic E-state index is 0.220. The van der Waals surface area contributed by atoms with Gasteiger partial charge in [-0.1, -0.05) is 12.0 Å². The smallest absolute Gasteiger partial charge is 0.257 e. The van der Waals surface area contributed by atoms with Gasteiger partial charge in [0.2, 0.25) is 0 Å². The zero-order valence-electron chi connectivity index (χ0n) is 20.8. The SMILES string of the molecule is Cc1cc(NC(=O)c2cncc(C#Cc3cnc4cccnn34)c2)ccc1[C@@H](C)N1CCN(C)CC1. The molecule has 1 aliphatic rings. The van der Waals surface area contributed by atoms with Gasteiger partial charge in [0.1, 0.15) is 5.69 Å². The van der Waals surface area contributed by atoms with Crippen LogP contribution in [0.5, 0.6) is 0 Å². The maximum absolute atomic E-state index is 12.9. The van der Waals surface area contributed by atoms with Crippen molar-refractivity contribution in [3.8, 4) is 11.8 Å². The number of benzene rings is 1. The highest BCUT2D eigenvalue weighted by Crippen LogP contribution is 2.27. The minimum Gasteiger partial charge on any atom is -0.322 e. The molecule has 5 rings (SSSR count). The molecule has 1 aromatic carbocycles. The van der Waals surface area contributed by atoms with Crippen molar-refractivity contribution in [1.82, 2.24) is 29.4 Å². The van der Waals surface area contributed by atoms with Gasteiger partial charge in [-0.25, -0.2) is 9.50 Å². The van der Waals surface area contributed by atoms with Gasteiger partial charge in [0.15, 0.2) is 5.65 Å². The van der Waals surface area contributed by atoms with Gasteiger partial charge >= 0.3 is 0 Å². The summed E-state index contributed by atoms with van der Waals surface area (Å²) in [5.74, 6) is 5.90. The summed E-state index contributed by atoms with van der Waals surface area (Å²) in [5.41, 5.74) is 5.71. The second kappa shape index (κ2) is 10.3. The van der Waals surface area contributed by atoms with Crippen molar-refractivity contribution in [2.24, 2.45) is 0 Å². The Balaban J connectivity index is 1.28. The molecule has 1 atom stereocenters. The van der Waals surface area contributed by atoms with Crippen LogP contribution in [-0.4, -0.2) is 68.5 Å². The van der Waals surface area contributed by atoms with Gasteiger partial charge in [0.05, 0.1) is 11.8 Å². The normalized spacial score (nSPS) is 15.3. The largest absolute Gasteiger partial charge is 0.322 e. The van der Waals surface area contributed by atoms with Gasteiger partial charge in [-0.3, -0.25) is 14.7 Å². The van der Waals surface area contributed by atoms with Crippen LogP contribution < -0.4 is 5.32 Å². The lowest BCUT2D eigenvalue weighted by atomic mass is 10.00. The molecule has 3 aromatic heterocycles. The zero-order valence-corrected chi connectivity index (χ0v) is 20.8. The number of rotatable bonds is 4. The number of aromatic nitrogens is 4. The van der Waals surface area contributed by atoms with E-state index < -0.39 is 0 Å². The molecule has 0 radical (unpaired) electrons. The Hall–Kier alpha value is -4.06. The van der Waals surface area contributed by atoms with E-state index in [4.69, 9.17) is 0 Å². The fraction of sp³-hybridized carbons (Fsp3) is 0.286. The third-order valence-corrected chi connectivity index (χ3v) is 6.68. The average molecular weight is 480 g/mol. The first-order valence-electron chi connectivity index (χ1n) is 12.1. The lowest BCUT2D eigenvalue weighted by Crippen LogP contribution is -2.45. The number of hydrogen-bond donors (Lipinski definition) is 1. The van der Waals surface area contributed by atoms with Crippen molar-refractivity contribution in [2.75, 3.05) is 38.5 Å². The zero-order chi connectivity index (χ0) is 25.1. The maximum atomic E-state index is 12.9. The molecule has 0 unspecified atom stereocenters. The number of fused-ring (bicyclic) bond motifs is 1. The van der Waals surface area contributed by atoms with E-state index in [2.05, 4.69) is 69.0 Å². The number of pyridine rings is 1. The summed E-state index contributed by atoms with van der Waals surface area (Å²) in [6.07, 6.45) is 6.55. The molecule has 0 aliphatic carbocycles. The van der Waals surface area contributed by atoms with E-state index >= 15 is 0 Å². The number of nitrogens with one attached hydrogen (secondary N) is 1. The van der Waals surface area contributed by atoms with Gasteiger partial charge in [0.25, 0.3) is 5.91 Å². The van der Waals surface area contributed by atoms with Crippen LogP contribution in [0.1, 0.15) is 45.7 Å². The molecule has 1 N–H and O–H groups in total. The number of amides is 1. The predicted octanol–water partition coefficient (Wildman–Crippen LogP) is 3.39. The van der Waals surface area contributed by atoms with Crippen LogP contribution in [0.4, 0.5) is 5.69 Å². The Morgan fingerprint density at radius 3 is 2.69 bits per heavy atom. The highest BCUT2D eigenvalue weighted by molar-refractivity contribution is 6.04. The molecule has 0 saturated carbocycles. The summed E-state index contributed by atoms with van der Waals surface area (Å²) in [5, 5.41) is 7.27. The van der Waals surface area contributed by atoms with Crippen molar-refractivity contribution in [3.63, 3.8) is 0 Å². The quantitative estimate of drug-likeness (QED) is 0.452. The summed E-state index contributed by atoms with van der Waals surface area (Å²) in [6.45, 7) is 8.67. The maximum Gasteiger partial charge on any atom is 0.257 e. The van der Waals surface area contributed by atoms with E-state index in [0.717, 1.165) is 37.5 Å². The number of carbonyl (C=O) groups is 1. The fourth-order valence-electron chi connectivity index (χ4n) is 4.51. The first-order valence-corrected chi connectivity index (χ1v) is 12.1. The van der Waals surface area contributed by atoms with E-state index in [-0.39, 0.29) is 5.91 Å². The highest BCUT2D eigenvalue weighted by Gasteiger charge is 2.21. The van der Waals surface area contributed by atoms with Crippen LogP contribution in [0.2, 0.25) is 0 Å². The number of aryl methyl sites for hydroxylation is 1. The molecule has 4 heterocycles. The predicted molar refractivity (Wildman–Crippen MR) is 140 cm³/mol. The third kappa shape index (κ3) is 5.13. The van der Waals surface area contributed by atoms with Crippen molar-refractivity contribution in [1.29, 1.82) is 0 Å². The van der Waals surface area contributed by atoms with Gasteiger partial charge in [-0.2, -0.15) is 5.10 Å². The van der Waals surface area contributed by atoms with E-state index in [0.29, 0.717) is 22.9 Å². The molecule has 4 aromatic rings. The van der Waals surface area contributed by atoms with Crippen molar-refractivity contribution < 1.29 is 4.79 Å². The average Bonchev–Trinajstić information content (AvgIpc) is 3.31. The fourth-order valence-corrected chi connectivity index (χ4v) is 4.51. The molecular formula is C28H29N7O. The van der Waals surface area contributed by atoms with E-state index in [1.165, 1.54) is 11.1 Å². The number of anilines is 1. The van der Waals surface area contributed by atoms with Crippen molar-refractivity contribution in [2.45, 2.75) is 19.9 Å². The number of nitrogens with zero attached hydrogens (tertiary/aromatic N) is 6. The Labute approximate surface area is 211 Å². The van der Waals surface area contributed by atoms with Gasteiger partial charge in [-0.15, -0.1) is 0 Å². The first-order chi connectivity index (χ1) is 17.5. The standard InChI is InChI=1S/C28H29N7O/c1-20-15-24(7-9-26(20)21(2)34-13-11-33(3)12-14-34)32-28(36)23-16-22(17-29-18-23)6-8-25-19-30-27-5-4-10-31-35(25)27/h4-5,7,9-10,15-19,21H,11-14H2,1-3H3,(H,32,36)/t21-/m1/s1. The first kappa shape index (κ1) is 23.7. The van der Waals surface area contributed by atoms with E-state index in [9.17, 15) is 4.79 Å². The molecule has 36 heavy (non-hydrogen) atoms. The van der Waals surface area contributed by atoms with Gasteiger partial charge < -0.3 is 10.2 Å². The molecule has 1 fully saturated rings. The second-order valence-electron chi connectivity index (χ2n) is 9.19. The lowest BCUT2D eigenvalue weighted by Gasteiger charge is -2.37. The molecular weight excluding hydrogens is 450 g/mol. The number of piperazine rings is 1. The lowest BCUT2D eigenvalue weighted by molar-refractivity contribution is 0.102. The molecule has 1 amide bonds. The van der Waals surface area contributed by atoms with Crippen LogP contribution in [-0.2, 0) is 0 Å². The molecule has 0 bridgehead atoms. The van der Waals surface area contributed by atoms with Crippen LogP contribution >= 0.6 is 0 Å². The summed E-state index contributed by atoms with van der Waals surface area (Å²) < 4.78 is 1.67. The van der Waals surface area contributed by atoms with Crippen molar-refractivity contribution >= 4 is 17.2 Å².